The van der Waals surface area contributed by atoms with Crippen molar-refractivity contribution < 1.29 is 19.4 Å². The van der Waals surface area contributed by atoms with Crippen LogP contribution in [0.3, 0.4) is 0 Å². The maximum atomic E-state index is 12.3. The lowest BCUT2D eigenvalue weighted by Gasteiger charge is -2.21. The first-order valence-corrected chi connectivity index (χ1v) is 8.46. The highest BCUT2D eigenvalue weighted by Gasteiger charge is 2.33. The van der Waals surface area contributed by atoms with Crippen molar-refractivity contribution in [3.8, 4) is 16.9 Å². The number of carboxylic acids is 1. The van der Waals surface area contributed by atoms with Crippen LogP contribution < -0.4 is 4.74 Å². The Labute approximate surface area is 146 Å². The molecule has 1 heterocycles. The lowest BCUT2D eigenvalue weighted by atomic mass is 10.1. The topological polar surface area (TPSA) is 66.8 Å². The average molecular weight is 339 g/mol. The molecule has 2 aromatic carbocycles. The minimum absolute atomic E-state index is 0.165. The molecule has 5 heteroatoms. The Hall–Kier alpha value is -2.82. The minimum atomic E-state index is -0.929. The standard InChI is InChI=1S/C20H21NO4/c22-19(21-13-6-10-17(21)20(23)24)12-14-25-18-11-5-4-9-16(18)15-7-2-1-3-8-15/h1-5,7-9,11,17H,6,10,12-14H2,(H,23,24). The van der Waals surface area contributed by atoms with Crippen molar-refractivity contribution in [1.82, 2.24) is 4.90 Å². The largest absolute Gasteiger partial charge is 0.492 e. The smallest absolute Gasteiger partial charge is 0.326 e. The number of carbonyl (C=O) groups excluding carboxylic acids is 1. The van der Waals surface area contributed by atoms with Crippen molar-refractivity contribution in [2.75, 3.05) is 13.2 Å². The molecule has 130 valence electrons. The van der Waals surface area contributed by atoms with E-state index in [1.54, 1.807) is 0 Å². The normalized spacial score (nSPS) is 16.6. The monoisotopic (exact) mass is 339 g/mol. The predicted molar refractivity (Wildman–Crippen MR) is 94.4 cm³/mol. The quantitative estimate of drug-likeness (QED) is 0.878. The lowest BCUT2D eigenvalue weighted by Crippen LogP contribution is -2.40. The van der Waals surface area contributed by atoms with Gasteiger partial charge in [-0.3, -0.25) is 4.79 Å². The van der Waals surface area contributed by atoms with Crippen LogP contribution in [0.4, 0.5) is 0 Å². The van der Waals surface area contributed by atoms with E-state index in [9.17, 15) is 14.7 Å². The van der Waals surface area contributed by atoms with E-state index in [0.29, 0.717) is 13.0 Å². The van der Waals surface area contributed by atoms with Crippen molar-refractivity contribution >= 4 is 11.9 Å². The number of hydrogen-bond donors (Lipinski definition) is 1. The first-order chi connectivity index (χ1) is 12.2. The Morgan fingerprint density at radius 1 is 1.08 bits per heavy atom. The summed E-state index contributed by atoms with van der Waals surface area (Å²) in [4.78, 5) is 24.9. The fourth-order valence-corrected chi connectivity index (χ4v) is 3.16. The van der Waals surface area contributed by atoms with Gasteiger partial charge in [-0.2, -0.15) is 0 Å². The van der Waals surface area contributed by atoms with Gasteiger partial charge < -0.3 is 14.7 Å². The van der Waals surface area contributed by atoms with Gasteiger partial charge in [-0.1, -0.05) is 48.5 Å². The molecule has 0 saturated carbocycles. The van der Waals surface area contributed by atoms with Gasteiger partial charge in [0.15, 0.2) is 0 Å². The van der Waals surface area contributed by atoms with Crippen LogP contribution in [-0.4, -0.2) is 41.1 Å². The molecule has 1 atom stereocenters. The summed E-state index contributed by atoms with van der Waals surface area (Å²) in [5, 5.41) is 9.17. The number of rotatable bonds is 6. The van der Waals surface area contributed by atoms with E-state index in [4.69, 9.17) is 4.74 Å². The Morgan fingerprint density at radius 2 is 1.80 bits per heavy atom. The molecule has 2 aromatic rings. The van der Waals surface area contributed by atoms with Crippen molar-refractivity contribution in [2.24, 2.45) is 0 Å². The predicted octanol–water partition coefficient (Wildman–Crippen LogP) is 3.20. The number of benzene rings is 2. The van der Waals surface area contributed by atoms with Gasteiger partial charge in [-0.15, -0.1) is 0 Å². The summed E-state index contributed by atoms with van der Waals surface area (Å²) in [5.74, 6) is -0.374. The summed E-state index contributed by atoms with van der Waals surface area (Å²) in [6, 6.07) is 16.9. The molecular weight excluding hydrogens is 318 g/mol. The molecule has 3 rings (SSSR count). The van der Waals surface area contributed by atoms with E-state index in [2.05, 4.69) is 0 Å². The number of amides is 1. The van der Waals surface area contributed by atoms with Crippen LogP contribution in [0.5, 0.6) is 5.75 Å². The van der Waals surface area contributed by atoms with E-state index < -0.39 is 12.0 Å². The summed E-state index contributed by atoms with van der Waals surface area (Å²) in [7, 11) is 0. The third-order valence-electron chi connectivity index (χ3n) is 4.40. The molecule has 1 amide bonds. The molecule has 0 aliphatic carbocycles. The summed E-state index contributed by atoms with van der Waals surface area (Å²) < 4.78 is 5.82. The van der Waals surface area contributed by atoms with Crippen LogP contribution in [0, 0.1) is 0 Å². The van der Waals surface area contributed by atoms with Crippen LogP contribution in [-0.2, 0) is 9.59 Å². The minimum Gasteiger partial charge on any atom is -0.492 e. The van der Waals surface area contributed by atoms with E-state index in [0.717, 1.165) is 23.3 Å². The Balaban J connectivity index is 1.61. The van der Waals surface area contributed by atoms with Gasteiger partial charge in [0.25, 0.3) is 0 Å². The molecule has 1 aliphatic heterocycles. The Bertz CT molecular complexity index is 744. The molecule has 25 heavy (non-hydrogen) atoms. The SMILES string of the molecule is O=C(O)C1CCCN1C(=O)CCOc1ccccc1-c1ccccc1. The maximum absolute atomic E-state index is 12.3. The number of likely N-dealkylation sites (tertiary alicyclic amines) is 1. The van der Waals surface area contributed by atoms with E-state index in [1.807, 2.05) is 54.6 Å². The third-order valence-corrected chi connectivity index (χ3v) is 4.40. The van der Waals surface area contributed by atoms with Crippen molar-refractivity contribution in [2.45, 2.75) is 25.3 Å². The molecule has 0 radical (unpaired) electrons. The molecule has 0 spiro atoms. The fourth-order valence-electron chi connectivity index (χ4n) is 3.16. The summed E-state index contributed by atoms with van der Waals surface area (Å²) >= 11 is 0. The number of aliphatic carboxylic acids is 1. The van der Waals surface area contributed by atoms with Gasteiger partial charge in [0, 0.05) is 12.1 Å². The van der Waals surface area contributed by atoms with Crippen LogP contribution >= 0.6 is 0 Å². The number of para-hydroxylation sites is 1. The van der Waals surface area contributed by atoms with Crippen LogP contribution in [0.25, 0.3) is 11.1 Å². The molecule has 0 bridgehead atoms. The second-order valence-electron chi connectivity index (χ2n) is 6.04. The highest BCUT2D eigenvalue weighted by molar-refractivity contribution is 5.84. The molecular formula is C20H21NO4. The van der Waals surface area contributed by atoms with Gasteiger partial charge in [0.1, 0.15) is 11.8 Å². The summed E-state index contributed by atoms with van der Waals surface area (Å²) in [6.07, 6.45) is 1.44. The molecule has 1 N–H and O–H groups in total. The summed E-state index contributed by atoms with van der Waals surface area (Å²) in [5.41, 5.74) is 2.02. The average Bonchev–Trinajstić information content (AvgIpc) is 3.13. The number of nitrogens with zero attached hydrogens (tertiary/aromatic N) is 1. The lowest BCUT2D eigenvalue weighted by molar-refractivity contribution is -0.148. The van der Waals surface area contributed by atoms with Gasteiger partial charge >= 0.3 is 5.97 Å². The van der Waals surface area contributed by atoms with Gasteiger partial charge in [0.2, 0.25) is 5.91 Å². The first kappa shape index (κ1) is 17.0. The van der Waals surface area contributed by atoms with Crippen LogP contribution in [0.2, 0.25) is 0 Å². The van der Waals surface area contributed by atoms with Gasteiger partial charge in [0.05, 0.1) is 13.0 Å². The number of hydrogen-bond acceptors (Lipinski definition) is 3. The van der Waals surface area contributed by atoms with Crippen LogP contribution in [0.15, 0.2) is 54.6 Å². The van der Waals surface area contributed by atoms with E-state index in [-0.39, 0.29) is 18.9 Å². The second-order valence-corrected chi connectivity index (χ2v) is 6.04. The second kappa shape index (κ2) is 7.83. The highest BCUT2D eigenvalue weighted by Crippen LogP contribution is 2.29. The van der Waals surface area contributed by atoms with Gasteiger partial charge in [-0.05, 0) is 24.5 Å². The third kappa shape index (κ3) is 3.99. The zero-order valence-corrected chi connectivity index (χ0v) is 13.9. The molecule has 1 saturated heterocycles. The highest BCUT2D eigenvalue weighted by atomic mass is 16.5. The zero-order valence-electron chi connectivity index (χ0n) is 13.9. The maximum Gasteiger partial charge on any atom is 0.326 e. The number of ether oxygens (including phenoxy) is 1. The number of carboxylic acid groups (broad SMARTS) is 1. The zero-order chi connectivity index (χ0) is 17.6. The molecule has 1 unspecified atom stereocenters. The molecule has 1 fully saturated rings. The van der Waals surface area contributed by atoms with Crippen molar-refractivity contribution in [3.05, 3.63) is 54.6 Å². The molecule has 1 aliphatic rings. The Morgan fingerprint density at radius 3 is 2.56 bits per heavy atom. The van der Waals surface area contributed by atoms with E-state index >= 15 is 0 Å². The van der Waals surface area contributed by atoms with Gasteiger partial charge in [-0.25, -0.2) is 4.79 Å². The summed E-state index contributed by atoms with van der Waals surface area (Å²) in [6.45, 7) is 0.738. The molecule has 0 aromatic heterocycles. The Kier molecular flexibility index (Phi) is 5.33. The first-order valence-electron chi connectivity index (χ1n) is 8.46. The van der Waals surface area contributed by atoms with E-state index in [1.165, 1.54) is 4.90 Å². The van der Waals surface area contributed by atoms with Crippen molar-refractivity contribution in [1.29, 1.82) is 0 Å². The molecule has 5 nitrogen and oxygen atoms in total. The number of carbonyl (C=O) groups is 2. The van der Waals surface area contributed by atoms with Crippen LogP contribution in [0.1, 0.15) is 19.3 Å². The fraction of sp³-hybridized carbons (Fsp3) is 0.300. The van der Waals surface area contributed by atoms with Crippen molar-refractivity contribution in [3.63, 3.8) is 0 Å².